The van der Waals surface area contributed by atoms with Crippen molar-refractivity contribution >= 4 is 0 Å². The Morgan fingerprint density at radius 1 is 0.591 bits per heavy atom. The Balaban J connectivity index is 3.37. The van der Waals surface area contributed by atoms with Gasteiger partial charge in [0.15, 0.2) is 5.79 Å². The average Bonchev–Trinajstić information content (AvgIpc) is 2.86. The van der Waals surface area contributed by atoms with Crippen LogP contribution in [-0.4, -0.2) is 78.8 Å². The van der Waals surface area contributed by atoms with Crippen LogP contribution in [0.1, 0.15) is 72.1 Å². The maximum atomic E-state index is 14.5. The van der Waals surface area contributed by atoms with Crippen molar-refractivity contribution in [2.75, 3.05) is 19.8 Å². The van der Waals surface area contributed by atoms with E-state index >= 15 is 0 Å². The van der Waals surface area contributed by atoms with E-state index in [2.05, 4.69) is 0 Å². The third-order valence-corrected chi connectivity index (χ3v) is 7.06. The molecule has 1 atom stereocenters. The molecule has 44 heavy (non-hydrogen) atoms. The van der Waals surface area contributed by atoms with Gasteiger partial charge in [0.05, 0.1) is 25.4 Å². The summed E-state index contributed by atoms with van der Waals surface area (Å²) in [6, 6.07) is 0. The summed E-state index contributed by atoms with van der Waals surface area (Å²) in [5, 5.41) is 0. The molecule has 1 aliphatic heterocycles. The summed E-state index contributed by atoms with van der Waals surface area (Å²) < 4.78 is 247. The van der Waals surface area contributed by atoms with Crippen molar-refractivity contribution < 1.29 is 88.8 Å². The van der Waals surface area contributed by atoms with Crippen molar-refractivity contribution in [1.82, 2.24) is 0 Å². The predicted molar refractivity (Wildman–Crippen MR) is 118 cm³/mol. The minimum Gasteiger partial charge on any atom is -0.375 e. The molecule has 0 saturated carbocycles. The number of rotatable bonds is 17. The lowest BCUT2D eigenvalue weighted by molar-refractivity contribution is -0.462. The zero-order valence-corrected chi connectivity index (χ0v) is 23.4. The molecule has 1 heterocycles. The normalized spacial score (nSPS) is 21.5. The molecule has 1 unspecified atom stereocenters. The van der Waals surface area contributed by atoms with E-state index in [1.807, 2.05) is 0 Å². The molecule has 0 N–H and O–H groups in total. The molecule has 0 aliphatic carbocycles. The first-order valence-corrected chi connectivity index (χ1v) is 13.1. The van der Waals surface area contributed by atoms with Gasteiger partial charge in [-0.25, -0.2) is 0 Å². The molecule has 264 valence electrons. The van der Waals surface area contributed by atoms with Crippen LogP contribution in [0.25, 0.3) is 0 Å². The highest BCUT2D eigenvalue weighted by Crippen LogP contribution is 2.64. The van der Waals surface area contributed by atoms with Crippen LogP contribution in [0.2, 0.25) is 0 Å². The van der Waals surface area contributed by atoms with Crippen LogP contribution in [0, 0.1) is 0 Å². The first kappa shape index (κ1) is 40.7. The van der Waals surface area contributed by atoms with Gasteiger partial charge in [-0.2, -0.15) is 74.6 Å². The molecule has 0 amide bonds. The van der Waals surface area contributed by atoms with Crippen molar-refractivity contribution in [3.8, 4) is 0 Å². The summed E-state index contributed by atoms with van der Waals surface area (Å²) in [6.07, 6.45) is -10.1. The molecule has 20 heteroatoms. The van der Waals surface area contributed by atoms with Crippen molar-refractivity contribution in [1.29, 1.82) is 0 Å². The van der Waals surface area contributed by atoms with Crippen molar-refractivity contribution in [2.24, 2.45) is 0 Å². The molecule has 0 aromatic carbocycles. The number of hydrogen-bond acceptors (Lipinski definition) is 3. The molecule has 1 saturated heterocycles. The van der Waals surface area contributed by atoms with Gasteiger partial charge in [0.1, 0.15) is 0 Å². The van der Waals surface area contributed by atoms with Crippen molar-refractivity contribution in [2.45, 2.75) is 131 Å². The van der Waals surface area contributed by atoms with E-state index in [9.17, 15) is 74.6 Å². The second kappa shape index (κ2) is 13.1. The van der Waals surface area contributed by atoms with Gasteiger partial charge in [-0.3, -0.25) is 0 Å². The van der Waals surface area contributed by atoms with E-state index < -0.39 is 78.3 Å². The average molecular weight is 690 g/mol. The fraction of sp³-hybridized carbons (Fsp3) is 1.00. The van der Waals surface area contributed by atoms with Crippen LogP contribution in [0.4, 0.5) is 74.6 Å². The topological polar surface area (TPSA) is 27.7 Å². The number of unbranched alkanes of at least 4 members (excludes halogenated alkanes) is 2. The van der Waals surface area contributed by atoms with Gasteiger partial charge in [-0.05, 0) is 26.2 Å². The third-order valence-electron chi connectivity index (χ3n) is 7.06. The fourth-order valence-corrected chi connectivity index (χ4v) is 4.19. The Hall–Kier alpha value is -1.31. The first-order chi connectivity index (χ1) is 19.5. The van der Waals surface area contributed by atoms with Gasteiger partial charge in [-0.1, -0.05) is 26.7 Å². The highest BCUT2D eigenvalue weighted by atomic mass is 19.4. The largest absolute Gasteiger partial charge is 0.460 e. The van der Waals surface area contributed by atoms with Gasteiger partial charge in [0.25, 0.3) is 0 Å². The van der Waals surface area contributed by atoms with Crippen LogP contribution in [-0.2, 0) is 14.2 Å². The van der Waals surface area contributed by atoms with E-state index in [0.29, 0.717) is 25.7 Å². The van der Waals surface area contributed by atoms with Crippen LogP contribution in [0.5, 0.6) is 0 Å². The molecular formula is C24H31F17O3. The Morgan fingerprint density at radius 2 is 0.977 bits per heavy atom. The van der Waals surface area contributed by atoms with Gasteiger partial charge in [0, 0.05) is 19.3 Å². The van der Waals surface area contributed by atoms with Crippen LogP contribution < -0.4 is 0 Å². The summed E-state index contributed by atoms with van der Waals surface area (Å²) in [5.74, 6) is -58.0. The fourth-order valence-electron chi connectivity index (χ4n) is 4.19. The second-order valence-electron chi connectivity index (χ2n) is 10.7. The van der Waals surface area contributed by atoms with E-state index in [4.69, 9.17) is 14.2 Å². The highest BCUT2D eigenvalue weighted by molar-refractivity contribution is 5.15. The molecule has 3 nitrogen and oxygen atoms in total. The Bertz CT molecular complexity index is 925. The number of alkyl halides is 17. The lowest BCUT2D eigenvalue weighted by Crippen LogP contribution is -2.74. The zero-order valence-electron chi connectivity index (χ0n) is 23.4. The molecule has 1 fully saturated rings. The molecule has 1 aliphatic rings. The molecule has 0 radical (unpaired) electrons. The maximum absolute atomic E-state index is 14.5. The Kier molecular flexibility index (Phi) is 12.1. The minimum absolute atomic E-state index is 0.0290. The Morgan fingerprint density at radius 3 is 1.36 bits per heavy atom. The molecule has 0 aromatic heterocycles. The van der Waals surface area contributed by atoms with Crippen LogP contribution >= 0.6 is 0 Å². The predicted octanol–water partition coefficient (Wildman–Crippen LogP) is 9.67. The number of ether oxygens (including phenoxy) is 3. The molecule has 0 spiro atoms. The SMILES string of the molecule is CCCCOC1(OCCCC)CCOC(C)(CCC(F)(F)C(F)(F)C(F)(F)C(F)(F)C(F)(F)C(F)(F)C(F)(F)C(F)(F)F)C1. The summed E-state index contributed by atoms with van der Waals surface area (Å²) in [6.45, 7) is 4.31. The van der Waals surface area contributed by atoms with Gasteiger partial charge < -0.3 is 14.2 Å². The molecule has 1 rings (SSSR count). The van der Waals surface area contributed by atoms with Crippen molar-refractivity contribution in [3.63, 3.8) is 0 Å². The van der Waals surface area contributed by atoms with Crippen molar-refractivity contribution in [3.05, 3.63) is 0 Å². The minimum atomic E-state index is -8.65. The molecule has 0 bridgehead atoms. The third kappa shape index (κ3) is 7.15. The zero-order chi connectivity index (χ0) is 34.9. The highest BCUT2D eigenvalue weighted by Gasteiger charge is 2.95. The smallest absolute Gasteiger partial charge is 0.375 e. The quantitative estimate of drug-likeness (QED) is 0.0865. The lowest BCUT2D eigenvalue weighted by atomic mass is 9.83. The van der Waals surface area contributed by atoms with E-state index in [1.165, 1.54) is 0 Å². The second-order valence-corrected chi connectivity index (χ2v) is 10.7. The number of hydrogen-bond donors (Lipinski definition) is 0. The van der Waals surface area contributed by atoms with E-state index in [0.717, 1.165) is 6.92 Å². The summed E-state index contributed by atoms with van der Waals surface area (Å²) in [7, 11) is 0. The molecular weight excluding hydrogens is 659 g/mol. The number of halogens is 17. The summed E-state index contributed by atoms with van der Waals surface area (Å²) in [5.41, 5.74) is -2.00. The maximum Gasteiger partial charge on any atom is 0.460 e. The van der Waals surface area contributed by atoms with E-state index in [-0.39, 0.29) is 26.2 Å². The Labute approximate surface area is 240 Å². The summed E-state index contributed by atoms with van der Waals surface area (Å²) in [4.78, 5) is 0. The van der Waals surface area contributed by atoms with Gasteiger partial charge >= 0.3 is 47.6 Å². The lowest BCUT2D eigenvalue weighted by Gasteiger charge is -2.46. The van der Waals surface area contributed by atoms with Crippen LogP contribution in [0.3, 0.4) is 0 Å². The first-order valence-electron chi connectivity index (χ1n) is 13.1. The molecule has 0 aromatic rings. The standard InChI is InChI=1S/C24H31F17O3/c1-4-6-11-43-16(44-12-7-5-2)10-13-42-15(3,14-16)8-9-17(25,26)18(27,28)19(29,30)20(31,32)21(33,34)22(35,36)23(37,38)24(39,40)41/h4-14H2,1-3H3. The summed E-state index contributed by atoms with van der Waals surface area (Å²) >= 11 is 0. The van der Waals surface area contributed by atoms with E-state index in [1.54, 1.807) is 13.8 Å². The van der Waals surface area contributed by atoms with Gasteiger partial charge in [0.2, 0.25) is 0 Å². The monoisotopic (exact) mass is 690 g/mol. The van der Waals surface area contributed by atoms with Crippen LogP contribution in [0.15, 0.2) is 0 Å². The van der Waals surface area contributed by atoms with Gasteiger partial charge in [-0.15, -0.1) is 0 Å².